The minimum Gasteiger partial charge on any atom is -0.332 e. The fourth-order valence-corrected chi connectivity index (χ4v) is 2.78. The first-order chi connectivity index (χ1) is 12.0. The average Bonchev–Trinajstić information content (AvgIpc) is 3.44. The molecule has 1 amide bonds. The Hall–Kier alpha value is -2.66. The zero-order valence-electron chi connectivity index (χ0n) is 13.5. The van der Waals surface area contributed by atoms with Gasteiger partial charge in [0.2, 0.25) is 5.91 Å². The lowest BCUT2D eigenvalue weighted by Gasteiger charge is -2.21. The van der Waals surface area contributed by atoms with E-state index in [4.69, 9.17) is 11.6 Å². The van der Waals surface area contributed by atoms with Crippen molar-refractivity contribution in [2.75, 3.05) is 0 Å². The largest absolute Gasteiger partial charge is 0.332 e. The van der Waals surface area contributed by atoms with E-state index in [1.54, 1.807) is 12.1 Å². The highest BCUT2D eigenvalue weighted by Gasteiger charge is 2.31. The molecule has 2 aromatic carbocycles. The van der Waals surface area contributed by atoms with Crippen LogP contribution in [-0.4, -0.2) is 21.8 Å². The summed E-state index contributed by atoms with van der Waals surface area (Å²) in [5.74, 6) is -0.0936. The standard InChI is InChI=1S/C19H17ClN2O3/c20-17-10-6-14(12-18(17)22(24)25)7-11-19(23)21(16-8-9-16)13-15-4-2-1-3-5-15/h1-7,10-12,16H,8-9,13H2. The van der Waals surface area contributed by atoms with Crippen molar-refractivity contribution in [3.05, 3.63) is 80.9 Å². The van der Waals surface area contributed by atoms with Crippen molar-refractivity contribution < 1.29 is 9.72 Å². The fourth-order valence-electron chi connectivity index (χ4n) is 2.59. The van der Waals surface area contributed by atoms with E-state index < -0.39 is 4.92 Å². The van der Waals surface area contributed by atoms with E-state index in [0.29, 0.717) is 12.1 Å². The second kappa shape index (κ2) is 7.49. The number of hydrogen-bond acceptors (Lipinski definition) is 3. The van der Waals surface area contributed by atoms with Crippen molar-refractivity contribution in [2.24, 2.45) is 0 Å². The van der Waals surface area contributed by atoms with Crippen molar-refractivity contribution in [3.63, 3.8) is 0 Å². The monoisotopic (exact) mass is 356 g/mol. The Morgan fingerprint density at radius 1 is 1.24 bits per heavy atom. The molecule has 2 aromatic rings. The maximum absolute atomic E-state index is 12.6. The van der Waals surface area contributed by atoms with Crippen LogP contribution in [-0.2, 0) is 11.3 Å². The summed E-state index contributed by atoms with van der Waals surface area (Å²) in [6, 6.07) is 14.6. The van der Waals surface area contributed by atoms with Gasteiger partial charge in [0.1, 0.15) is 5.02 Å². The summed E-state index contributed by atoms with van der Waals surface area (Å²) in [5.41, 5.74) is 1.48. The van der Waals surface area contributed by atoms with E-state index in [-0.39, 0.29) is 22.7 Å². The van der Waals surface area contributed by atoms with Crippen molar-refractivity contribution in [1.82, 2.24) is 4.90 Å². The van der Waals surface area contributed by atoms with Crippen LogP contribution in [0.2, 0.25) is 5.02 Å². The molecule has 0 spiro atoms. The Kier molecular flexibility index (Phi) is 5.14. The summed E-state index contributed by atoms with van der Waals surface area (Å²) >= 11 is 5.80. The van der Waals surface area contributed by atoms with Gasteiger partial charge in [-0.15, -0.1) is 0 Å². The first-order valence-electron chi connectivity index (χ1n) is 8.01. The SMILES string of the molecule is O=C(C=Cc1ccc(Cl)c([N+](=O)[O-])c1)N(Cc1ccccc1)C1CC1. The lowest BCUT2D eigenvalue weighted by Crippen LogP contribution is -2.31. The van der Waals surface area contributed by atoms with E-state index >= 15 is 0 Å². The van der Waals surface area contributed by atoms with E-state index in [2.05, 4.69) is 0 Å². The van der Waals surface area contributed by atoms with Crippen LogP contribution in [0, 0.1) is 10.1 Å². The normalized spacial score (nSPS) is 13.8. The second-order valence-corrected chi connectivity index (χ2v) is 6.39. The molecule has 5 nitrogen and oxygen atoms in total. The number of nitro groups is 1. The minimum absolute atomic E-state index is 0.0807. The molecule has 1 fully saturated rings. The number of halogens is 1. The molecule has 0 bridgehead atoms. The summed E-state index contributed by atoms with van der Waals surface area (Å²) in [5, 5.41) is 11.0. The van der Waals surface area contributed by atoms with Crippen LogP contribution in [0.5, 0.6) is 0 Å². The van der Waals surface area contributed by atoms with Crippen molar-refractivity contribution in [1.29, 1.82) is 0 Å². The van der Waals surface area contributed by atoms with Gasteiger partial charge in [0.15, 0.2) is 0 Å². The zero-order chi connectivity index (χ0) is 17.8. The molecule has 0 unspecified atom stereocenters. The predicted molar refractivity (Wildman–Crippen MR) is 97.2 cm³/mol. The number of hydrogen-bond donors (Lipinski definition) is 0. The van der Waals surface area contributed by atoms with Gasteiger partial charge in [0, 0.05) is 24.7 Å². The number of carbonyl (C=O) groups excluding carboxylic acids is 1. The van der Waals surface area contributed by atoms with Gasteiger partial charge >= 0.3 is 0 Å². The number of nitro benzene ring substituents is 1. The van der Waals surface area contributed by atoms with Gasteiger partial charge in [-0.2, -0.15) is 0 Å². The summed E-state index contributed by atoms with van der Waals surface area (Å²) in [6.07, 6.45) is 5.08. The molecule has 6 heteroatoms. The molecule has 1 aliphatic rings. The van der Waals surface area contributed by atoms with Crippen LogP contribution in [0.1, 0.15) is 24.0 Å². The maximum Gasteiger partial charge on any atom is 0.288 e. The van der Waals surface area contributed by atoms with Crippen molar-refractivity contribution in [2.45, 2.75) is 25.4 Å². The minimum atomic E-state index is -0.534. The number of rotatable bonds is 6. The molecule has 0 aromatic heterocycles. The van der Waals surface area contributed by atoms with Crippen LogP contribution in [0.4, 0.5) is 5.69 Å². The van der Waals surface area contributed by atoms with E-state index in [9.17, 15) is 14.9 Å². The van der Waals surface area contributed by atoms with Crippen LogP contribution in [0.15, 0.2) is 54.6 Å². The molecule has 1 saturated carbocycles. The highest BCUT2D eigenvalue weighted by atomic mass is 35.5. The molecule has 0 N–H and O–H groups in total. The summed E-state index contributed by atoms with van der Waals surface area (Å²) in [6.45, 7) is 0.565. The lowest BCUT2D eigenvalue weighted by molar-refractivity contribution is -0.384. The van der Waals surface area contributed by atoms with Crippen LogP contribution in [0.25, 0.3) is 6.08 Å². The first-order valence-corrected chi connectivity index (χ1v) is 8.39. The Balaban J connectivity index is 1.74. The van der Waals surface area contributed by atoms with Crippen LogP contribution >= 0.6 is 11.6 Å². The number of amides is 1. The van der Waals surface area contributed by atoms with Gasteiger partial charge in [-0.05, 0) is 36.1 Å². The first kappa shape index (κ1) is 17.2. The van der Waals surface area contributed by atoms with Crippen molar-refractivity contribution >= 4 is 29.3 Å². The van der Waals surface area contributed by atoms with Gasteiger partial charge in [0.25, 0.3) is 5.69 Å². The molecule has 0 heterocycles. The third kappa shape index (κ3) is 4.45. The molecule has 0 radical (unpaired) electrons. The smallest absolute Gasteiger partial charge is 0.288 e. The van der Waals surface area contributed by atoms with Crippen LogP contribution < -0.4 is 0 Å². The highest BCUT2D eigenvalue weighted by Crippen LogP contribution is 2.29. The summed E-state index contributed by atoms with van der Waals surface area (Å²) in [4.78, 5) is 24.8. The van der Waals surface area contributed by atoms with Crippen LogP contribution in [0.3, 0.4) is 0 Å². The fraction of sp³-hybridized carbons (Fsp3) is 0.211. The third-order valence-electron chi connectivity index (χ3n) is 4.05. The van der Waals surface area contributed by atoms with Gasteiger partial charge in [-0.3, -0.25) is 14.9 Å². The molecule has 1 aliphatic carbocycles. The molecular formula is C19H17ClN2O3. The highest BCUT2D eigenvalue weighted by molar-refractivity contribution is 6.32. The van der Waals surface area contributed by atoms with Gasteiger partial charge in [-0.25, -0.2) is 0 Å². The molecule has 128 valence electrons. The van der Waals surface area contributed by atoms with E-state index in [1.807, 2.05) is 35.2 Å². The van der Waals surface area contributed by atoms with Gasteiger partial charge in [-0.1, -0.05) is 48.0 Å². The van der Waals surface area contributed by atoms with Gasteiger partial charge < -0.3 is 4.90 Å². The molecule has 0 saturated heterocycles. The van der Waals surface area contributed by atoms with Crippen molar-refractivity contribution in [3.8, 4) is 0 Å². The number of nitrogens with zero attached hydrogens (tertiary/aromatic N) is 2. The maximum atomic E-state index is 12.6. The Labute approximate surface area is 150 Å². The Bertz CT molecular complexity index is 817. The second-order valence-electron chi connectivity index (χ2n) is 5.98. The lowest BCUT2D eigenvalue weighted by atomic mass is 10.1. The molecular weight excluding hydrogens is 340 g/mol. The molecule has 0 atom stereocenters. The average molecular weight is 357 g/mol. The predicted octanol–water partition coefficient (Wildman–Crippen LogP) is 4.45. The Morgan fingerprint density at radius 2 is 1.96 bits per heavy atom. The quantitative estimate of drug-likeness (QED) is 0.436. The summed E-state index contributed by atoms with van der Waals surface area (Å²) in [7, 11) is 0. The topological polar surface area (TPSA) is 63.4 Å². The van der Waals surface area contributed by atoms with E-state index in [1.165, 1.54) is 18.2 Å². The molecule has 0 aliphatic heterocycles. The molecule has 3 rings (SSSR count). The van der Waals surface area contributed by atoms with Gasteiger partial charge in [0.05, 0.1) is 4.92 Å². The molecule has 25 heavy (non-hydrogen) atoms. The number of benzene rings is 2. The zero-order valence-corrected chi connectivity index (χ0v) is 14.2. The van der Waals surface area contributed by atoms with E-state index in [0.717, 1.165) is 18.4 Å². The summed E-state index contributed by atoms with van der Waals surface area (Å²) < 4.78 is 0. The number of carbonyl (C=O) groups is 1. The Morgan fingerprint density at radius 3 is 2.60 bits per heavy atom. The third-order valence-corrected chi connectivity index (χ3v) is 4.37.